The highest BCUT2D eigenvalue weighted by molar-refractivity contribution is 7.99. The Hall–Kier alpha value is -0.780. The van der Waals surface area contributed by atoms with E-state index in [1.165, 1.54) is 25.7 Å². The Kier molecular flexibility index (Phi) is 5.94. The van der Waals surface area contributed by atoms with Crippen molar-refractivity contribution < 1.29 is 4.74 Å². The molecule has 0 radical (unpaired) electrons. The fourth-order valence-electron chi connectivity index (χ4n) is 2.40. The van der Waals surface area contributed by atoms with Crippen LogP contribution in [0.3, 0.4) is 0 Å². The summed E-state index contributed by atoms with van der Waals surface area (Å²) in [6.45, 7) is 2.63. The SMILES string of the molecule is CCOc1cncc(C(CSC2CCCC2)NN)c1. The molecule has 1 saturated carbocycles. The molecule has 2 rings (SSSR count). The van der Waals surface area contributed by atoms with E-state index >= 15 is 0 Å². The average molecular weight is 281 g/mol. The lowest BCUT2D eigenvalue weighted by atomic mass is 10.1. The van der Waals surface area contributed by atoms with Crippen LogP contribution in [0.4, 0.5) is 0 Å². The van der Waals surface area contributed by atoms with Crippen LogP contribution in [0.25, 0.3) is 0 Å². The number of thioether (sulfide) groups is 1. The third-order valence-corrected chi connectivity index (χ3v) is 4.92. The van der Waals surface area contributed by atoms with Gasteiger partial charge in [-0.3, -0.25) is 16.3 Å². The first-order valence-corrected chi connectivity index (χ1v) is 8.03. The molecule has 5 heteroatoms. The van der Waals surface area contributed by atoms with Crippen LogP contribution in [0.1, 0.15) is 44.2 Å². The molecule has 1 aliphatic rings. The van der Waals surface area contributed by atoms with E-state index in [9.17, 15) is 0 Å². The topological polar surface area (TPSA) is 60.2 Å². The number of hydrazine groups is 1. The van der Waals surface area contributed by atoms with E-state index in [0.717, 1.165) is 22.3 Å². The first kappa shape index (κ1) is 14.6. The predicted octanol–water partition coefficient (Wildman–Crippen LogP) is 2.66. The minimum Gasteiger partial charge on any atom is -0.492 e. The largest absolute Gasteiger partial charge is 0.492 e. The molecule has 1 aliphatic carbocycles. The van der Waals surface area contributed by atoms with Crippen molar-refractivity contribution in [2.75, 3.05) is 12.4 Å². The van der Waals surface area contributed by atoms with Crippen molar-refractivity contribution in [1.29, 1.82) is 0 Å². The summed E-state index contributed by atoms with van der Waals surface area (Å²) in [5.41, 5.74) is 3.99. The van der Waals surface area contributed by atoms with Crippen molar-refractivity contribution in [3.63, 3.8) is 0 Å². The van der Waals surface area contributed by atoms with Gasteiger partial charge in [-0.25, -0.2) is 0 Å². The summed E-state index contributed by atoms with van der Waals surface area (Å²) in [5, 5.41) is 0.805. The lowest BCUT2D eigenvalue weighted by Gasteiger charge is -2.18. The summed E-state index contributed by atoms with van der Waals surface area (Å²) in [4.78, 5) is 4.22. The van der Waals surface area contributed by atoms with Crippen molar-refractivity contribution in [2.45, 2.75) is 43.9 Å². The number of nitrogens with zero attached hydrogens (tertiary/aromatic N) is 1. The number of rotatable bonds is 7. The normalized spacial score (nSPS) is 17.6. The lowest BCUT2D eigenvalue weighted by Crippen LogP contribution is -2.30. The zero-order valence-electron chi connectivity index (χ0n) is 11.5. The fraction of sp³-hybridized carbons (Fsp3) is 0.643. The second-order valence-electron chi connectivity index (χ2n) is 4.85. The van der Waals surface area contributed by atoms with Gasteiger partial charge in [-0.1, -0.05) is 12.8 Å². The van der Waals surface area contributed by atoms with Crippen LogP contribution in [0, 0.1) is 0 Å². The highest BCUT2D eigenvalue weighted by Crippen LogP contribution is 2.32. The van der Waals surface area contributed by atoms with Gasteiger partial charge in [0.25, 0.3) is 0 Å². The number of nitrogens with two attached hydrogens (primary N) is 1. The molecule has 1 atom stereocenters. The Balaban J connectivity index is 1.93. The quantitative estimate of drug-likeness (QED) is 0.594. The summed E-state index contributed by atoms with van der Waals surface area (Å²) in [6.07, 6.45) is 9.05. The molecule has 4 nitrogen and oxygen atoms in total. The van der Waals surface area contributed by atoms with E-state index in [0.29, 0.717) is 6.61 Å². The number of hydrogen-bond acceptors (Lipinski definition) is 5. The van der Waals surface area contributed by atoms with Crippen LogP contribution in [0.2, 0.25) is 0 Å². The smallest absolute Gasteiger partial charge is 0.137 e. The van der Waals surface area contributed by atoms with Crippen LogP contribution < -0.4 is 16.0 Å². The number of aromatic nitrogens is 1. The van der Waals surface area contributed by atoms with Crippen molar-refractivity contribution in [3.05, 3.63) is 24.0 Å². The van der Waals surface area contributed by atoms with Crippen LogP contribution in [-0.4, -0.2) is 22.6 Å². The highest BCUT2D eigenvalue weighted by Gasteiger charge is 2.18. The van der Waals surface area contributed by atoms with Gasteiger partial charge in [-0.15, -0.1) is 0 Å². The number of hydrogen-bond donors (Lipinski definition) is 2. The van der Waals surface area contributed by atoms with Gasteiger partial charge in [0.05, 0.1) is 18.8 Å². The number of nitrogens with one attached hydrogen (secondary N) is 1. The zero-order chi connectivity index (χ0) is 13.5. The lowest BCUT2D eigenvalue weighted by molar-refractivity contribution is 0.338. The first-order chi connectivity index (χ1) is 9.33. The minimum atomic E-state index is 0.138. The molecule has 106 valence electrons. The maximum atomic E-state index is 5.68. The summed E-state index contributed by atoms with van der Waals surface area (Å²) in [7, 11) is 0. The zero-order valence-corrected chi connectivity index (χ0v) is 12.3. The summed E-state index contributed by atoms with van der Waals surface area (Å²) >= 11 is 2.02. The van der Waals surface area contributed by atoms with E-state index in [4.69, 9.17) is 10.6 Å². The molecule has 0 saturated heterocycles. The second-order valence-corrected chi connectivity index (χ2v) is 6.18. The van der Waals surface area contributed by atoms with E-state index in [2.05, 4.69) is 10.4 Å². The maximum Gasteiger partial charge on any atom is 0.137 e. The standard InChI is InChI=1S/C14H23N3OS/c1-2-18-12-7-11(8-16-9-12)14(17-15)10-19-13-5-3-4-6-13/h7-9,13-14,17H,2-6,10,15H2,1H3. The Morgan fingerprint density at radius 2 is 2.26 bits per heavy atom. The van der Waals surface area contributed by atoms with Gasteiger partial charge < -0.3 is 4.74 Å². The van der Waals surface area contributed by atoms with Gasteiger partial charge in [0.2, 0.25) is 0 Å². The molecule has 3 N–H and O–H groups in total. The highest BCUT2D eigenvalue weighted by atomic mass is 32.2. The van der Waals surface area contributed by atoms with Gasteiger partial charge in [-0.05, 0) is 31.4 Å². The molecule has 0 spiro atoms. The molecule has 19 heavy (non-hydrogen) atoms. The molecule has 0 amide bonds. The second kappa shape index (κ2) is 7.72. The van der Waals surface area contributed by atoms with Gasteiger partial charge in [0.1, 0.15) is 5.75 Å². The molecule has 0 bridgehead atoms. The summed E-state index contributed by atoms with van der Waals surface area (Å²) in [6, 6.07) is 2.16. The third kappa shape index (κ3) is 4.37. The molecular formula is C14H23N3OS. The van der Waals surface area contributed by atoms with E-state index in [1.54, 1.807) is 6.20 Å². The van der Waals surface area contributed by atoms with E-state index in [1.807, 2.05) is 30.9 Å². The van der Waals surface area contributed by atoms with Crippen molar-refractivity contribution >= 4 is 11.8 Å². The maximum absolute atomic E-state index is 5.68. The Bertz CT molecular complexity index is 383. The van der Waals surface area contributed by atoms with Gasteiger partial charge >= 0.3 is 0 Å². The fourth-order valence-corrected chi connectivity index (χ4v) is 3.82. The van der Waals surface area contributed by atoms with Gasteiger partial charge in [-0.2, -0.15) is 11.8 Å². The summed E-state index contributed by atoms with van der Waals surface area (Å²) < 4.78 is 5.48. The van der Waals surface area contributed by atoms with Gasteiger partial charge in [0.15, 0.2) is 0 Å². The molecular weight excluding hydrogens is 258 g/mol. The van der Waals surface area contributed by atoms with Crippen LogP contribution in [0.15, 0.2) is 18.5 Å². The average Bonchev–Trinajstić information content (AvgIpc) is 2.94. The molecule has 1 aromatic rings. The minimum absolute atomic E-state index is 0.138. The molecule has 1 aromatic heterocycles. The predicted molar refractivity (Wildman–Crippen MR) is 80.2 cm³/mol. The summed E-state index contributed by atoms with van der Waals surface area (Å²) in [5.74, 6) is 7.48. The Labute approximate surface area is 119 Å². The van der Waals surface area contributed by atoms with E-state index in [-0.39, 0.29) is 6.04 Å². The van der Waals surface area contributed by atoms with Gasteiger partial charge in [0, 0.05) is 17.2 Å². The van der Waals surface area contributed by atoms with Crippen LogP contribution in [0.5, 0.6) is 5.75 Å². The first-order valence-electron chi connectivity index (χ1n) is 6.99. The molecule has 0 aromatic carbocycles. The number of pyridine rings is 1. The molecule has 0 aliphatic heterocycles. The van der Waals surface area contributed by atoms with Crippen molar-refractivity contribution in [3.8, 4) is 5.75 Å². The Morgan fingerprint density at radius 3 is 2.95 bits per heavy atom. The molecule has 1 fully saturated rings. The third-order valence-electron chi connectivity index (χ3n) is 3.45. The Morgan fingerprint density at radius 1 is 1.47 bits per heavy atom. The monoisotopic (exact) mass is 281 g/mol. The van der Waals surface area contributed by atoms with Crippen molar-refractivity contribution in [2.24, 2.45) is 5.84 Å². The molecule has 1 heterocycles. The number of ether oxygens (including phenoxy) is 1. The van der Waals surface area contributed by atoms with Crippen LogP contribution >= 0.6 is 11.8 Å². The molecule has 1 unspecified atom stereocenters. The van der Waals surface area contributed by atoms with Crippen LogP contribution in [-0.2, 0) is 0 Å². The van der Waals surface area contributed by atoms with Crippen molar-refractivity contribution in [1.82, 2.24) is 10.4 Å². The van der Waals surface area contributed by atoms with E-state index < -0.39 is 0 Å².